The predicted molar refractivity (Wildman–Crippen MR) is 83.0 cm³/mol. The second-order valence-electron chi connectivity index (χ2n) is 5.68. The number of aryl methyl sites for hydroxylation is 1. The number of nitrogens with zero attached hydrogens (tertiary/aromatic N) is 2. The number of hydrogen-bond donors (Lipinski definition) is 1. The SMILES string of the molecule is Cc1ccccc1C(=O)NCC1CCN(C(=O)CC#N)CC1. The molecular weight excluding hydrogens is 278 g/mol. The molecule has 5 nitrogen and oxygen atoms in total. The van der Waals surface area contributed by atoms with Crippen molar-refractivity contribution in [2.45, 2.75) is 26.2 Å². The van der Waals surface area contributed by atoms with E-state index in [0.29, 0.717) is 31.1 Å². The van der Waals surface area contributed by atoms with Crippen molar-refractivity contribution in [3.05, 3.63) is 35.4 Å². The van der Waals surface area contributed by atoms with Crippen LogP contribution in [0.25, 0.3) is 0 Å². The zero-order chi connectivity index (χ0) is 15.9. The van der Waals surface area contributed by atoms with Crippen LogP contribution in [0.4, 0.5) is 0 Å². The van der Waals surface area contributed by atoms with Crippen LogP contribution in [-0.2, 0) is 4.79 Å². The Kier molecular flexibility index (Phi) is 5.54. The Bertz CT molecular complexity index is 584. The third-order valence-corrected chi connectivity index (χ3v) is 4.14. The molecule has 0 saturated carbocycles. The molecule has 2 rings (SSSR count). The summed E-state index contributed by atoms with van der Waals surface area (Å²) in [6.07, 6.45) is 1.69. The molecule has 116 valence electrons. The van der Waals surface area contributed by atoms with E-state index in [4.69, 9.17) is 5.26 Å². The van der Waals surface area contributed by atoms with Crippen LogP contribution < -0.4 is 5.32 Å². The second kappa shape index (κ2) is 7.60. The molecule has 1 aliphatic rings. The van der Waals surface area contributed by atoms with Gasteiger partial charge in [-0.1, -0.05) is 18.2 Å². The van der Waals surface area contributed by atoms with E-state index in [1.54, 1.807) is 4.90 Å². The fourth-order valence-electron chi connectivity index (χ4n) is 2.73. The zero-order valence-electron chi connectivity index (χ0n) is 12.8. The Hall–Kier alpha value is -2.35. The molecule has 0 spiro atoms. The van der Waals surface area contributed by atoms with E-state index in [9.17, 15) is 9.59 Å². The molecule has 2 amide bonds. The molecule has 0 atom stereocenters. The lowest BCUT2D eigenvalue weighted by molar-refractivity contribution is -0.131. The van der Waals surface area contributed by atoms with E-state index < -0.39 is 0 Å². The average molecular weight is 299 g/mol. The van der Waals surface area contributed by atoms with Gasteiger partial charge in [0.2, 0.25) is 5.91 Å². The molecule has 1 aromatic carbocycles. The van der Waals surface area contributed by atoms with Gasteiger partial charge in [-0.3, -0.25) is 9.59 Å². The fraction of sp³-hybridized carbons (Fsp3) is 0.471. The van der Waals surface area contributed by atoms with Gasteiger partial charge in [0.05, 0.1) is 6.07 Å². The number of amides is 2. The predicted octanol–water partition coefficient (Wildman–Crippen LogP) is 1.88. The van der Waals surface area contributed by atoms with Crippen LogP contribution in [0.15, 0.2) is 24.3 Å². The number of rotatable bonds is 4. The highest BCUT2D eigenvalue weighted by atomic mass is 16.2. The van der Waals surface area contributed by atoms with Gasteiger partial charge in [-0.05, 0) is 37.3 Å². The van der Waals surface area contributed by atoms with E-state index >= 15 is 0 Å². The lowest BCUT2D eigenvalue weighted by atomic mass is 9.96. The maximum atomic E-state index is 12.2. The minimum atomic E-state index is -0.0927. The highest BCUT2D eigenvalue weighted by Crippen LogP contribution is 2.17. The van der Waals surface area contributed by atoms with Crippen molar-refractivity contribution >= 4 is 11.8 Å². The van der Waals surface area contributed by atoms with E-state index in [1.165, 1.54) is 0 Å². The van der Waals surface area contributed by atoms with Crippen LogP contribution in [-0.4, -0.2) is 36.3 Å². The van der Waals surface area contributed by atoms with Gasteiger partial charge < -0.3 is 10.2 Å². The van der Waals surface area contributed by atoms with Gasteiger partial charge in [0.25, 0.3) is 5.91 Å². The van der Waals surface area contributed by atoms with Gasteiger partial charge in [0, 0.05) is 25.2 Å². The molecule has 0 bridgehead atoms. The van der Waals surface area contributed by atoms with Gasteiger partial charge in [0.1, 0.15) is 6.42 Å². The van der Waals surface area contributed by atoms with E-state index in [-0.39, 0.29) is 18.2 Å². The van der Waals surface area contributed by atoms with Crippen molar-refractivity contribution in [3.8, 4) is 6.07 Å². The number of carbonyl (C=O) groups excluding carboxylic acids is 2. The molecule has 0 aromatic heterocycles. The maximum absolute atomic E-state index is 12.2. The van der Waals surface area contributed by atoms with Crippen molar-refractivity contribution in [2.24, 2.45) is 5.92 Å². The summed E-state index contributed by atoms with van der Waals surface area (Å²) in [5, 5.41) is 11.5. The number of carbonyl (C=O) groups is 2. The molecule has 1 fully saturated rings. The van der Waals surface area contributed by atoms with Crippen LogP contribution in [0.5, 0.6) is 0 Å². The van der Waals surface area contributed by atoms with Gasteiger partial charge in [-0.2, -0.15) is 5.26 Å². The molecule has 1 N–H and O–H groups in total. The van der Waals surface area contributed by atoms with Crippen LogP contribution >= 0.6 is 0 Å². The lowest BCUT2D eigenvalue weighted by Crippen LogP contribution is -2.41. The summed E-state index contributed by atoms with van der Waals surface area (Å²) in [4.78, 5) is 25.5. The van der Waals surface area contributed by atoms with E-state index in [2.05, 4.69) is 5.32 Å². The molecular formula is C17H21N3O2. The van der Waals surface area contributed by atoms with Crippen molar-refractivity contribution in [1.29, 1.82) is 5.26 Å². The van der Waals surface area contributed by atoms with Gasteiger partial charge >= 0.3 is 0 Å². The Morgan fingerprint density at radius 3 is 2.64 bits per heavy atom. The first-order chi connectivity index (χ1) is 10.6. The molecule has 0 unspecified atom stereocenters. The lowest BCUT2D eigenvalue weighted by Gasteiger charge is -2.31. The molecule has 5 heteroatoms. The number of nitriles is 1. The summed E-state index contributed by atoms with van der Waals surface area (Å²) < 4.78 is 0. The quantitative estimate of drug-likeness (QED) is 0.922. The van der Waals surface area contributed by atoms with Gasteiger partial charge in [-0.15, -0.1) is 0 Å². The summed E-state index contributed by atoms with van der Waals surface area (Å²) in [7, 11) is 0. The largest absolute Gasteiger partial charge is 0.352 e. The topological polar surface area (TPSA) is 73.2 Å². The molecule has 1 heterocycles. The fourth-order valence-corrected chi connectivity index (χ4v) is 2.73. The summed E-state index contributed by atoms with van der Waals surface area (Å²) in [6.45, 7) is 3.90. The molecule has 1 saturated heterocycles. The van der Waals surface area contributed by atoms with Crippen LogP contribution in [0.2, 0.25) is 0 Å². The Labute approximate surface area is 130 Å². The Morgan fingerprint density at radius 1 is 1.32 bits per heavy atom. The molecule has 1 aliphatic heterocycles. The van der Waals surface area contributed by atoms with Crippen LogP contribution in [0.1, 0.15) is 35.2 Å². The summed E-state index contributed by atoms with van der Waals surface area (Å²) in [5.74, 6) is 0.255. The van der Waals surface area contributed by atoms with Crippen molar-refractivity contribution in [2.75, 3.05) is 19.6 Å². The summed E-state index contributed by atoms with van der Waals surface area (Å²) in [6, 6.07) is 9.42. The zero-order valence-corrected chi connectivity index (χ0v) is 12.8. The van der Waals surface area contributed by atoms with E-state index in [1.807, 2.05) is 37.3 Å². The number of nitrogens with one attached hydrogen (secondary N) is 1. The van der Waals surface area contributed by atoms with Crippen molar-refractivity contribution in [3.63, 3.8) is 0 Å². The average Bonchev–Trinajstić information content (AvgIpc) is 2.54. The summed E-state index contributed by atoms with van der Waals surface area (Å²) >= 11 is 0. The Balaban J connectivity index is 1.78. The number of likely N-dealkylation sites (tertiary alicyclic amines) is 1. The molecule has 0 aliphatic carbocycles. The van der Waals surface area contributed by atoms with Crippen molar-refractivity contribution < 1.29 is 9.59 Å². The number of piperidine rings is 1. The first kappa shape index (κ1) is 16.0. The monoisotopic (exact) mass is 299 g/mol. The van der Waals surface area contributed by atoms with Gasteiger partial charge in [-0.25, -0.2) is 0 Å². The smallest absolute Gasteiger partial charge is 0.251 e. The third-order valence-electron chi connectivity index (χ3n) is 4.14. The summed E-state index contributed by atoms with van der Waals surface area (Å²) in [5.41, 5.74) is 1.68. The van der Waals surface area contributed by atoms with Crippen molar-refractivity contribution in [1.82, 2.24) is 10.2 Å². The normalized spacial score (nSPS) is 15.2. The highest BCUT2D eigenvalue weighted by molar-refractivity contribution is 5.95. The first-order valence-corrected chi connectivity index (χ1v) is 7.60. The standard InChI is InChI=1S/C17H21N3O2/c1-13-4-2-3-5-15(13)17(22)19-12-14-7-10-20(11-8-14)16(21)6-9-18/h2-5,14H,6-8,10-12H2,1H3,(H,19,22). The minimum Gasteiger partial charge on any atom is -0.352 e. The Morgan fingerprint density at radius 2 is 2.00 bits per heavy atom. The molecule has 0 radical (unpaired) electrons. The van der Waals surface area contributed by atoms with Crippen LogP contribution in [0.3, 0.4) is 0 Å². The third kappa shape index (κ3) is 4.08. The molecule has 1 aromatic rings. The minimum absolute atomic E-state index is 0.0407. The highest BCUT2D eigenvalue weighted by Gasteiger charge is 2.23. The number of hydrogen-bond acceptors (Lipinski definition) is 3. The molecule has 22 heavy (non-hydrogen) atoms. The van der Waals surface area contributed by atoms with Gasteiger partial charge in [0.15, 0.2) is 0 Å². The maximum Gasteiger partial charge on any atom is 0.251 e. The van der Waals surface area contributed by atoms with Crippen LogP contribution in [0, 0.1) is 24.2 Å². The number of benzene rings is 1. The second-order valence-corrected chi connectivity index (χ2v) is 5.68. The first-order valence-electron chi connectivity index (χ1n) is 7.60. The van der Waals surface area contributed by atoms with E-state index in [0.717, 1.165) is 18.4 Å².